The second-order valence-electron chi connectivity index (χ2n) is 4.05. The first kappa shape index (κ1) is 13.5. The van der Waals surface area contributed by atoms with Crippen molar-refractivity contribution in [2.75, 3.05) is 14.2 Å². The molecule has 0 aliphatic heterocycles. The molecule has 0 aliphatic rings. The summed E-state index contributed by atoms with van der Waals surface area (Å²) in [5, 5.41) is 9.62. The maximum Gasteiger partial charge on any atom is 0.307 e. The fourth-order valence-electron chi connectivity index (χ4n) is 2.02. The highest BCUT2D eigenvalue weighted by molar-refractivity contribution is 7.09. The Bertz CT molecular complexity index is 645. The van der Waals surface area contributed by atoms with E-state index in [0.717, 1.165) is 28.2 Å². The molecule has 0 bridgehead atoms. The molecule has 5 nitrogen and oxygen atoms in total. The standard InChI is InChI=1S/C13H15NO4S/c1-7-9(17-2)5-4-8(11(7)18-3)6-10-12(15)14-13(16)19-10/h4-5,15H,6H2,1-3H3,(H,14,16). The average molecular weight is 281 g/mol. The molecule has 0 saturated carbocycles. The van der Waals surface area contributed by atoms with Crippen LogP contribution in [-0.4, -0.2) is 24.3 Å². The van der Waals surface area contributed by atoms with Crippen LogP contribution in [0.2, 0.25) is 0 Å². The molecule has 0 spiro atoms. The highest BCUT2D eigenvalue weighted by Crippen LogP contribution is 2.34. The van der Waals surface area contributed by atoms with Crippen molar-refractivity contribution in [2.24, 2.45) is 0 Å². The topological polar surface area (TPSA) is 71.6 Å². The minimum absolute atomic E-state index is 0.0782. The summed E-state index contributed by atoms with van der Waals surface area (Å²) in [6, 6.07) is 3.72. The molecule has 1 heterocycles. The summed E-state index contributed by atoms with van der Waals surface area (Å²) >= 11 is 0.996. The van der Waals surface area contributed by atoms with E-state index < -0.39 is 0 Å². The van der Waals surface area contributed by atoms with Crippen LogP contribution in [0.4, 0.5) is 0 Å². The average Bonchev–Trinajstić information content (AvgIpc) is 2.68. The molecule has 102 valence electrons. The van der Waals surface area contributed by atoms with Gasteiger partial charge in [0.15, 0.2) is 0 Å². The number of thiazole rings is 1. The fourth-order valence-corrected chi connectivity index (χ4v) is 2.77. The van der Waals surface area contributed by atoms with Gasteiger partial charge in [-0.1, -0.05) is 17.4 Å². The van der Waals surface area contributed by atoms with Crippen LogP contribution in [0.5, 0.6) is 17.4 Å². The van der Waals surface area contributed by atoms with Crippen molar-refractivity contribution in [3.8, 4) is 17.4 Å². The fraction of sp³-hybridized carbons (Fsp3) is 0.308. The lowest BCUT2D eigenvalue weighted by molar-refractivity contribution is 0.386. The number of nitrogens with one attached hydrogen (secondary N) is 1. The lowest BCUT2D eigenvalue weighted by Gasteiger charge is -2.13. The van der Waals surface area contributed by atoms with Crippen LogP contribution < -0.4 is 14.3 Å². The van der Waals surface area contributed by atoms with Crippen molar-refractivity contribution in [2.45, 2.75) is 13.3 Å². The Morgan fingerprint density at radius 3 is 2.58 bits per heavy atom. The SMILES string of the molecule is COc1ccc(Cc2sc(=O)[nH]c2O)c(OC)c1C. The maximum absolute atomic E-state index is 11.2. The van der Waals surface area contributed by atoms with E-state index >= 15 is 0 Å². The van der Waals surface area contributed by atoms with Crippen molar-refractivity contribution in [1.29, 1.82) is 0 Å². The molecule has 1 aromatic heterocycles. The number of aromatic nitrogens is 1. The van der Waals surface area contributed by atoms with E-state index in [2.05, 4.69) is 4.98 Å². The zero-order valence-electron chi connectivity index (χ0n) is 10.9. The van der Waals surface area contributed by atoms with Crippen LogP contribution >= 0.6 is 11.3 Å². The number of rotatable bonds is 4. The molecule has 6 heteroatoms. The van der Waals surface area contributed by atoms with Crippen molar-refractivity contribution >= 4 is 11.3 Å². The summed E-state index contributed by atoms with van der Waals surface area (Å²) in [6.07, 6.45) is 0.434. The van der Waals surface area contributed by atoms with Crippen LogP contribution in [0.25, 0.3) is 0 Å². The van der Waals surface area contributed by atoms with Crippen molar-refractivity contribution in [1.82, 2.24) is 4.98 Å². The summed E-state index contributed by atoms with van der Waals surface area (Å²) in [7, 11) is 3.19. The van der Waals surface area contributed by atoms with Gasteiger partial charge in [-0.25, -0.2) is 0 Å². The van der Waals surface area contributed by atoms with Gasteiger partial charge in [0.2, 0.25) is 5.88 Å². The van der Waals surface area contributed by atoms with Gasteiger partial charge in [-0.15, -0.1) is 0 Å². The molecule has 0 radical (unpaired) electrons. The van der Waals surface area contributed by atoms with Gasteiger partial charge in [0.1, 0.15) is 11.5 Å². The molecule has 2 aromatic rings. The number of hydrogen-bond donors (Lipinski definition) is 2. The summed E-state index contributed by atoms with van der Waals surface area (Å²) in [5.41, 5.74) is 1.79. The predicted molar refractivity (Wildman–Crippen MR) is 73.7 cm³/mol. The first-order chi connectivity index (χ1) is 9.06. The van der Waals surface area contributed by atoms with Gasteiger partial charge in [0.25, 0.3) is 0 Å². The Morgan fingerprint density at radius 2 is 2.05 bits per heavy atom. The summed E-state index contributed by atoms with van der Waals surface area (Å²) in [6.45, 7) is 1.90. The van der Waals surface area contributed by atoms with Gasteiger partial charge >= 0.3 is 4.87 Å². The number of methoxy groups -OCH3 is 2. The van der Waals surface area contributed by atoms with E-state index in [-0.39, 0.29) is 10.8 Å². The normalized spacial score (nSPS) is 10.5. The van der Waals surface area contributed by atoms with Gasteiger partial charge in [0, 0.05) is 17.5 Å². The van der Waals surface area contributed by atoms with Crippen LogP contribution in [0, 0.1) is 6.92 Å². The second kappa shape index (κ2) is 5.36. The van der Waals surface area contributed by atoms with Gasteiger partial charge < -0.3 is 14.6 Å². The Labute approximate surface area is 114 Å². The van der Waals surface area contributed by atoms with E-state index in [9.17, 15) is 9.90 Å². The molecule has 0 atom stereocenters. The highest BCUT2D eigenvalue weighted by Gasteiger charge is 2.15. The molecule has 0 unspecified atom stereocenters. The van der Waals surface area contributed by atoms with E-state index in [4.69, 9.17) is 9.47 Å². The smallest absolute Gasteiger partial charge is 0.307 e. The third kappa shape index (κ3) is 2.58. The van der Waals surface area contributed by atoms with Crippen molar-refractivity contribution in [3.05, 3.63) is 37.8 Å². The third-order valence-electron chi connectivity index (χ3n) is 2.91. The number of ether oxygens (including phenoxy) is 2. The summed E-state index contributed by atoms with van der Waals surface area (Å²) < 4.78 is 10.6. The Morgan fingerprint density at radius 1 is 1.32 bits per heavy atom. The minimum Gasteiger partial charge on any atom is -0.496 e. The highest BCUT2D eigenvalue weighted by atomic mass is 32.1. The summed E-state index contributed by atoms with van der Waals surface area (Å²) in [5.74, 6) is 1.37. The second-order valence-corrected chi connectivity index (χ2v) is 5.12. The van der Waals surface area contributed by atoms with Gasteiger partial charge in [-0.3, -0.25) is 9.78 Å². The van der Waals surface area contributed by atoms with Crippen molar-refractivity contribution < 1.29 is 14.6 Å². The van der Waals surface area contributed by atoms with Crippen LogP contribution in [0.15, 0.2) is 16.9 Å². The van der Waals surface area contributed by atoms with Gasteiger partial charge in [-0.05, 0) is 13.0 Å². The molecule has 19 heavy (non-hydrogen) atoms. The van der Waals surface area contributed by atoms with E-state index in [1.54, 1.807) is 14.2 Å². The zero-order chi connectivity index (χ0) is 14.0. The number of aromatic hydroxyl groups is 1. The van der Waals surface area contributed by atoms with E-state index in [1.165, 1.54) is 0 Å². The zero-order valence-corrected chi connectivity index (χ0v) is 11.8. The Kier molecular flexibility index (Phi) is 3.80. The minimum atomic E-state index is -0.267. The lowest BCUT2D eigenvalue weighted by Crippen LogP contribution is -1.98. The number of aromatic amines is 1. The number of H-pyrrole nitrogens is 1. The molecular weight excluding hydrogens is 266 g/mol. The largest absolute Gasteiger partial charge is 0.496 e. The lowest BCUT2D eigenvalue weighted by atomic mass is 10.1. The molecular formula is C13H15NO4S. The van der Waals surface area contributed by atoms with Crippen LogP contribution in [0.1, 0.15) is 16.0 Å². The molecule has 2 N–H and O–H groups in total. The number of hydrogen-bond acceptors (Lipinski definition) is 5. The first-order valence-electron chi connectivity index (χ1n) is 5.68. The predicted octanol–water partition coefficient (Wildman–Crippen LogP) is 2.06. The van der Waals surface area contributed by atoms with Gasteiger partial charge in [0.05, 0.1) is 19.1 Å². The molecule has 0 fully saturated rings. The maximum atomic E-state index is 11.2. The molecule has 0 aliphatic carbocycles. The molecule has 0 amide bonds. The van der Waals surface area contributed by atoms with Crippen LogP contribution in [0.3, 0.4) is 0 Å². The molecule has 2 rings (SSSR count). The summed E-state index contributed by atoms with van der Waals surface area (Å²) in [4.78, 5) is 13.9. The third-order valence-corrected chi connectivity index (χ3v) is 3.78. The van der Waals surface area contributed by atoms with E-state index in [1.807, 2.05) is 19.1 Å². The quantitative estimate of drug-likeness (QED) is 0.900. The van der Waals surface area contributed by atoms with Gasteiger partial charge in [-0.2, -0.15) is 0 Å². The van der Waals surface area contributed by atoms with Crippen LogP contribution in [-0.2, 0) is 6.42 Å². The monoisotopic (exact) mass is 281 g/mol. The Balaban J connectivity index is 2.43. The van der Waals surface area contributed by atoms with E-state index in [0.29, 0.717) is 17.0 Å². The Hall–Kier alpha value is -1.95. The molecule has 1 aromatic carbocycles. The number of benzene rings is 1. The van der Waals surface area contributed by atoms with Crippen molar-refractivity contribution in [3.63, 3.8) is 0 Å². The first-order valence-corrected chi connectivity index (χ1v) is 6.50. The molecule has 0 saturated heterocycles.